The van der Waals surface area contributed by atoms with Crippen molar-refractivity contribution < 1.29 is 9.59 Å². The number of primary amides is 1. The second-order valence-corrected chi connectivity index (χ2v) is 10.4. The molecule has 0 saturated carbocycles. The smallest absolute Gasteiger partial charge is 0.251 e. The van der Waals surface area contributed by atoms with Crippen molar-refractivity contribution in [2.24, 2.45) is 5.73 Å². The highest BCUT2D eigenvalue weighted by Crippen LogP contribution is 2.39. The van der Waals surface area contributed by atoms with E-state index in [9.17, 15) is 9.59 Å². The SMILES string of the molecule is Cc1ccc(Nc2nnc(SCC(=O)Nc3sc4c(c3C(N)=O)CCC4)s2)cc1Cl. The summed E-state index contributed by atoms with van der Waals surface area (Å²) in [5, 5.41) is 16.0. The monoisotopic (exact) mass is 479 g/mol. The van der Waals surface area contributed by atoms with E-state index in [1.54, 1.807) is 0 Å². The zero-order valence-corrected chi connectivity index (χ0v) is 19.2. The predicted octanol–water partition coefficient (Wildman–Crippen LogP) is 4.62. The number of halogens is 1. The van der Waals surface area contributed by atoms with Gasteiger partial charge in [0.1, 0.15) is 5.00 Å². The van der Waals surface area contributed by atoms with E-state index in [-0.39, 0.29) is 11.7 Å². The number of hydrogen-bond acceptors (Lipinski definition) is 8. The predicted molar refractivity (Wildman–Crippen MR) is 124 cm³/mol. The number of hydrogen-bond donors (Lipinski definition) is 3. The number of nitrogens with one attached hydrogen (secondary N) is 2. The molecular formula is C19H18ClN5O2S3. The number of nitrogens with two attached hydrogens (primary N) is 1. The molecule has 0 atom stereocenters. The number of carbonyl (C=O) groups is 2. The number of aryl methyl sites for hydroxylation is 2. The van der Waals surface area contributed by atoms with Gasteiger partial charge in [0, 0.05) is 15.6 Å². The Bertz CT molecular complexity index is 1130. The fraction of sp³-hybridized carbons (Fsp3) is 0.263. The van der Waals surface area contributed by atoms with Crippen LogP contribution in [0.5, 0.6) is 0 Å². The summed E-state index contributed by atoms with van der Waals surface area (Å²) in [5.74, 6) is -0.544. The molecule has 1 aromatic carbocycles. The number of carbonyl (C=O) groups excluding carboxylic acids is 2. The molecule has 2 amide bonds. The summed E-state index contributed by atoms with van der Waals surface area (Å²) in [4.78, 5) is 25.4. The van der Waals surface area contributed by atoms with Crippen LogP contribution in [-0.2, 0) is 17.6 Å². The Morgan fingerprint density at radius 1 is 1.27 bits per heavy atom. The average molecular weight is 480 g/mol. The molecule has 4 rings (SSSR count). The number of thiophene rings is 1. The van der Waals surface area contributed by atoms with E-state index < -0.39 is 5.91 Å². The van der Waals surface area contributed by atoms with Gasteiger partial charge < -0.3 is 16.4 Å². The average Bonchev–Trinajstić information content (AvgIpc) is 3.39. The molecule has 0 bridgehead atoms. The second-order valence-electron chi connectivity index (χ2n) is 6.72. The highest BCUT2D eigenvalue weighted by atomic mass is 35.5. The molecule has 30 heavy (non-hydrogen) atoms. The van der Waals surface area contributed by atoms with Gasteiger partial charge in [0.15, 0.2) is 4.34 Å². The molecule has 0 spiro atoms. The first-order valence-corrected chi connectivity index (χ1v) is 12.1. The lowest BCUT2D eigenvalue weighted by Gasteiger charge is -2.05. The van der Waals surface area contributed by atoms with Crippen LogP contribution in [0.15, 0.2) is 22.5 Å². The molecule has 0 aliphatic heterocycles. The van der Waals surface area contributed by atoms with Gasteiger partial charge in [-0.25, -0.2) is 0 Å². The third-order valence-electron chi connectivity index (χ3n) is 4.58. The van der Waals surface area contributed by atoms with Gasteiger partial charge in [-0.15, -0.1) is 21.5 Å². The number of amides is 2. The van der Waals surface area contributed by atoms with Crippen LogP contribution >= 0.6 is 46.0 Å². The Hall–Kier alpha value is -2.14. The van der Waals surface area contributed by atoms with Gasteiger partial charge in [-0.1, -0.05) is 40.8 Å². The van der Waals surface area contributed by atoms with Gasteiger partial charge in [-0.3, -0.25) is 9.59 Å². The summed E-state index contributed by atoms with van der Waals surface area (Å²) in [5.41, 5.74) is 8.81. The highest BCUT2D eigenvalue weighted by Gasteiger charge is 2.26. The third kappa shape index (κ3) is 4.61. The van der Waals surface area contributed by atoms with Crippen molar-refractivity contribution in [2.45, 2.75) is 30.5 Å². The minimum Gasteiger partial charge on any atom is -0.365 e. The summed E-state index contributed by atoms with van der Waals surface area (Å²) in [6.07, 6.45) is 2.78. The van der Waals surface area contributed by atoms with Crippen molar-refractivity contribution >= 4 is 73.7 Å². The molecule has 3 aromatic rings. The van der Waals surface area contributed by atoms with Crippen LogP contribution in [0, 0.1) is 6.92 Å². The molecule has 0 saturated heterocycles. The van der Waals surface area contributed by atoms with Gasteiger partial charge in [0.05, 0.1) is 11.3 Å². The van der Waals surface area contributed by atoms with Crippen molar-refractivity contribution in [2.75, 3.05) is 16.4 Å². The molecule has 2 aromatic heterocycles. The first-order valence-electron chi connectivity index (χ1n) is 9.14. The van der Waals surface area contributed by atoms with E-state index >= 15 is 0 Å². The fourth-order valence-corrected chi connectivity index (χ4v) is 6.22. The van der Waals surface area contributed by atoms with Crippen molar-refractivity contribution in [3.8, 4) is 0 Å². The van der Waals surface area contributed by atoms with Crippen LogP contribution in [-0.4, -0.2) is 27.8 Å². The Kier molecular flexibility index (Phi) is 6.28. The molecule has 0 unspecified atom stereocenters. The standard InChI is InChI=1S/C19H18ClN5O2S3/c1-9-5-6-10(7-12(9)20)22-18-24-25-19(30-18)28-8-14(26)23-17-15(16(21)27)11-3-2-4-13(11)29-17/h5-7H,2-4,8H2,1H3,(H2,21,27)(H,22,24)(H,23,26). The topological polar surface area (TPSA) is 110 Å². The highest BCUT2D eigenvalue weighted by molar-refractivity contribution is 8.01. The van der Waals surface area contributed by atoms with Gasteiger partial charge in [-0.2, -0.15) is 0 Å². The summed E-state index contributed by atoms with van der Waals surface area (Å²) < 4.78 is 0.662. The van der Waals surface area contributed by atoms with E-state index in [0.29, 0.717) is 25.1 Å². The van der Waals surface area contributed by atoms with Crippen molar-refractivity contribution in [3.05, 3.63) is 44.8 Å². The summed E-state index contributed by atoms with van der Waals surface area (Å²) in [6, 6.07) is 5.66. The molecular weight excluding hydrogens is 462 g/mol. The molecule has 1 aliphatic rings. The lowest BCUT2D eigenvalue weighted by Crippen LogP contribution is -2.18. The number of thioether (sulfide) groups is 1. The number of fused-ring (bicyclic) bond motifs is 1. The van der Waals surface area contributed by atoms with Gasteiger partial charge in [-0.05, 0) is 49.4 Å². The Morgan fingerprint density at radius 3 is 2.87 bits per heavy atom. The first kappa shape index (κ1) is 21.1. The fourth-order valence-electron chi connectivity index (χ4n) is 3.16. The molecule has 7 nitrogen and oxygen atoms in total. The van der Waals surface area contributed by atoms with Crippen LogP contribution in [0.2, 0.25) is 5.02 Å². The number of nitrogens with zero attached hydrogens (tertiary/aromatic N) is 2. The maximum Gasteiger partial charge on any atom is 0.251 e. The Labute approximate surface area is 190 Å². The van der Waals surface area contributed by atoms with Crippen LogP contribution < -0.4 is 16.4 Å². The lowest BCUT2D eigenvalue weighted by atomic mass is 10.1. The van der Waals surface area contributed by atoms with E-state index in [1.165, 1.54) is 34.4 Å². The van der Waals surface area contributed by atoms with Crippen molar-refractivity contribution in [1.29, 1.82) is 0 Å². The van der Waals surface area contributed by atoms with E-state index in [4.69, 9.17) is 17.3 Å². The zero-order valence-electron chi connectivity index (χ0n) is 16.0. The molecule has 0 radical (unpaired) electrons. The summed E-state index contributed by atoms with van der Waals surface area (Å²) in [7, 11) is 0. The minimum absolute atomic E-state index is 0.158. The molecule has 0 fully saturated rings. The molecule has 4 N–H and O–H groups in total. The maximum absolute atomic E-state index is 12.4. The van der Waals surface area contributed by atoms with Gasteiger partial charge in [0.2, 0.25) is 11.0 Å². The summed E-state index contributed by atoms with van der Waals surface area (Å²) >= 11 is 10.2. The van der Waals surface area contributed by atoms with Crippen LogP contribution in [0.25, 0.3) is 0 Å². The molecule has 2 heterocycles. The molecule has 1 aliphatic carbocycles. The normalized spacial score (nSPS) is 12.6. The molecule has 156 valence electrons. The van der Waals surface area contributed by atoms with E-state index in [2.05, 4.69) is 20.8 Å². The maximum atomic E-state index is 12.4. The van der Waals surface area contributed by atoms with Crippen LogP contribution in [0.4, 0.5) is 15.8 Å². The number of aromatic nitrogens is 2. The van der Waals surface area contributed by atoms with Gasteiger partial charge >= 0.3 is 0 Å². The second kappa shape index (κ2) is 8.93. The number of anilines is 3. The Morgan fingerprint density at radius 2 is 2.10 bits per heavy atom. The van der Waals surface area contributed by atoms with Gasteiger partial charge in [0.25, 0.3) is 5.91 Å². The van der Waals surface area contributed by atoms with E-state index in [1.807, 2.05) is 25.1 Å². The quantitative estimate of drug-likeness (QED) is 0.426. The van der Waals surface area contributed by atoms with E-state index in [0.717, 1.165) is 41.0 Å². The lowest BCUT2D eigenvalue weighted by molar-refractivity contribution is -0.113. The largest absolute Gasteiger partial charge is 0.365 e. The third-order valence-corrected chi connectivity index (χ3v) is 8.16. The summed E-state index contributed by atoms with van der Waals surface area (Å²) in [6.45, 7) is 1.94. The van der Waals surface area contributed by atoms with Crippen LogP contribution in [0.3, 0.4) is 0 Å². The number of rotatable bonds is 7. The molecule has 11 heteroatoms. The van der Waals surface area contributed by atoms with Crippen LogP contribution in [0.1, 0.15) is 32.8 Å². The first-order chi connectivity index (χ1) is 14.4. The van der Waals surface area contributed by atoms with Crippen molar-refractivity contribution in [1.82, 2.24) is 10.2 Å². The van der Waals surface area contributed by atoms with Crippen molar-refractivity contribution in [3.63, 3.8) is 0 Å². The minimum atomic E-state index is -0.492. The number of benzene rings is 1. The zero-order chi connectivity index (χ0) is 21.3. The Balaban J connectivity index is 1.35.